The highest BCUT2D eigenvalue weighted by Gasteiger charge is 2.04. The Balaban J connectivity index is 3.78. The van der Waals surface area contributed by atoms with Gasteiger partial charge in [0.05, 0.1) is 0 Å². The van der Waals surface area contributed by atoms with Gasteiger partial charge in [0.25, 0.3) is 0 Å². The molecule has 0 aromatic heterocycles. The zero-order valence-electron chi connectivity index (χ0n) is 7.44. The second-order valence-corrected chi connectivity index (χ2v) is 2.23. The summed E-state index contributed by atoms with van der Waals surface area (Å²) in [4.78, 5) is 20.7. The van der Waals surface area contributed by atoms with Crippen molar-refractivity contribution in [2.24, 2.45) is 5.16 Å². The van der Waals surface area contributed by atoms with E-state index in [4.69, 9.17) is 5.21 Å². The van der Waals surface area contributed by atoms with E-state index in [1.807, 2.05) is 0 Å². The molecule has 0 radical (unpaired) electrons. The van der Waals surface area contributed by atoms with Crippen LogP contribution in [0.2, 0.25) is 0 Å². The molecule has 1 N–H and O–H groups in total. The van der Waals surface area contributed by atoms with Crippen LogP contribution < -0.4 is 0 Å². The molecule has 0 saturated heterocycles. The largest absolute Gasteiger partial charge is 0.459 e. The Bertz CT molecular complexity index is 203. The monoisotopic (exact) mass is 189 g/mol. The predicted octanol–water partition coefficient (Wildman–Crippen LogP) is -0.0572. The molecule has 0 fully saturated rings. The van der Waals surface area contributed by atoms with Gasteiger partial charge in [-0.25, -0.2) is 0 Å². The van der Waals surface area contributed by atoms with Gasteiger partial charge in [-0.05, 0) is 0 Å². The Labute approximate surface area is 75.1 Å². The van der Waals surface area contributed by atoms with E-state index in [0.29, 0.717) is 0 Å². The van der Waals surface area contributed by atoms with Crippen molar-refractivity contribution in [2.75, 3.05) is 13.2 Å². The molecule has 0 aliphatic heterocycles. The van der Waals surface area contributed by atoms with Crippen LogP contribution >= 0.6 is 0 Å². The van der Waals surface area contributed by atoms with Crippen molar-refractivity contribution in [3.63, 3.8) is 0 Å². The Morgan fingerprint density at radius 1 is 1.15 bits per heavy atom. The van der Waals surface area contributed by atoms with Crippen LogP contribution in [0, 0.1) is 0 Å². The Kier molecular flexibility index (Phi) is 5.25. The fourth-order valence-electron chi connectivity index (χ4n) is 0.469. The summed E-state index contributed by atoms with van der Waals surface area (Å²) in [5.41, 5.74) is 0.0744. The fraction of sp³-hybridized carbons (Fsp3) is 0.571. The van der Waals surface area contributed by atoms with Crippen LogP contribution in [0.3, 0.4) is 0 Å². The van der Waals surface area contributed by atoms with Crippen LogP contribution in [0.15, 0.2) is 5.16 Å². The fourth-order valence-corrected chi connectivity index (χ4v) is 0.469. The summed E-state index contributed by atoms with van der Waals surface area (Å²) in [5, 5.41) is 11.2. The topological polar surface area (TPSA) is 85.2 Å². The maximum absolute atomic E-state index is 10.3. The lowest BCUT2D eigenvalue weighted by Gasteiger charge is -2.04. The van der Waals surface area contributed by atoms with E-state index in [1.165, 1.54) is 13.8 Å². The van der Waals surface area contributed by atoms with Crippen LogP contribution in [0.1, 0.15) is 13.8 Å². The second kappa shape index (κ2) is 5.99. The van der Waals surface area contributed by atoms with Crippen molar-refractivity contribution in [1.29, 1.82) is 0 Å². The van der Waals surface area contributed by atoms with Gasteiger partial charge in [0, 0.05) is 13.8 Å². The second-order valence-electron chi connectivity index (χ2n) is 2.23. The Hall–Kier alpha value is -1.59. The van der Waals surface area contributed by atoms with Gasteiger partial charge < -0.3 is 14.7 Å². The molecule has 0 aromatic carbocycles. The lowest BCUT2D eigenvalue weighted by Crippen LogP contribution is -2.19. The van der Waals surface area contributed by atoms with Crippen LogP contribution in [0.25, 0.3) is 0 Å². The molecule has 6 heteroatoms. The summed E-state index contributed by atoms with van der Waals surface area (Å²) >= 11 is 0. The predicted molar refractivity (Wildman–Crippen MR) is 42.5 cm³/mol. The molecule has 13 heavy (non-hydrogen) atoms. The van der Waals surface area contributed by atoms with Crippen LogP contribution in [0.5, 0.6) is 0 Å². The number of hydrogen-bond acceptors (Lipinski definition) is 6. The molecule has 0 bridgehead atoms. The lowest BCUT2D eigenvalue weighted by molar-refractivity contribution is -0.139. The first-order chi connectivity index (χ1) is 6.06. The molecular formula is C7H11NO5. The Morgan fingerprint density at radius 2 is 1.54 bits per heavy atom. The van der Waals surface area contributed by atoms with Gasteiger partial charge in [-0.1, -0.05) is 5.16 Å². The van der Waals surface area contributed by atoms with Gasteiger partial charge in [-0.3, -0.25) is 9.59 Å². The first-order valence-corrected chi connectivity index (χ1v) is 3.52. The standard InChI is InChI=1S/C7H11NO5/c1-5(9)12-3-7(8-11)4-13-6(2)10/h11H,3-4H2,1-2H3. The van der Waals surface area contributed by atoms with Crippen LogP contribution in [-0.4, -0.2) is 36.1 Å². The molecule has 0 amide bonds. The van der Waals surface area contributed by atoms with Crippen molar-refractivity contribution in [1.82, 2.24) is 0 Å². The van der Waals surface area contributed by atoms with Crippen molar-refractivity contribution < 1.29 is 24.3 Å². The summed E-state index contributed by atoms with van der Waals surface area (Å²) in [7, 11) is 0. The van der Waals surface area contributed by atoms with E-state index in [1.54, 1.807) is 0 Å². The maximum Gasteiger partial charge on any atom is 0.303 e. The van der Waals surface area contributed by atoms with Crippen LogP contribution in [0.4, 0.5) is 0 Å². The SMILES string of the molecule is CC(=O)OCC(COC(C)=O)=NO. The molecule has 0 saturated carbocycles. The average molecular weight is 189 g/mol. The highest BCUT2D eigenvalue weighted by atomic mass is 16.5. The van der Waals surface area contributed by atoms with Gasteiger partial charge in [0.1, 0.15) is 18.9 Å². The lowest BCUT2D eigenvalue weighted by atomic mass is 10.4. The number of carbonyl (C=O) groups excluding carboxylic acids is 2. The van der Waals surface area contributed by atoms with E-state index in [2.05, 4.69) is 14.6 Å². The highest BCUT2D eigenvalue weighted by Crippen LogP contribution is 1.85. The van der Waals surface area contributed by atoms with Crippen molar-refractivity contribution in [3.05, 3.63) is 0 Å². The van der Waals surface area contributed by atoms with E-state index in [-0.39, 0.29) is 18.9 Å². The van der Waals surface area contributed by atoms with Crippen molar-refractivity contribution in [2.45, 2.75) is 13.8 Å². The normalized spacial score (nSPS) is 8.77. The van der Waals surface area contributed by atoms with Crippen molar-refractivity contribution in [3.8, 4) is 0 Å². The van der Waals surface area contributed by atoms with Gasteiger partial charge in [-0.15, -0.1) is 0 Å². The molecule has 74 valence electrons. The molecule has 0 spiro atoms. The van der Waals surface area contributed by atoms with E-state index < -0.39 is 11.9 Å². The number of ether oxygens (including phenoxy) is 2. The van der Waals surface area contributed by atoms with Crippen molar-refractivity contribution >= 4 is 17.7 Å². The first-order valence-electron chi connectivity index (χ1n) is 3.52. The molecule has 0 unspecified atom stereocenters. The van der Waals surface area contributed by atoms with Gasteiger partial charge in [0.15, 0.2) is 0 Å². The van der Waals surface area contributed by atoms with Gasteiger partial charge >= 0.3 is 11.9 Å². The van der Waals surface area contributed by atoms with E-state index in [9.17, 15) is 9.59 Å². The minimum absolute atomic E-state index is 0.0744. The number of esters is 2. The molecule has 0 atom stereocenters. The smallest absolute Gasteiger partial charge is 0.303 e. The average Bonchev–Trinajstić information content (AvgIpc) is 2.04. The van der Waals surface area contributed by atoms with E-state index in [0.717, 1.165) is 0 Å². The summed E-state index contributed by atoms with van der Waals surface area (Å²) in [6.07, 6.45) is 0. The highest BCUT2D eigenvalue weighted by molar-refractivity contribution is 5.89. The minimum Gasteiger partial charge on any atom is -0.459 e. The van der Waals surface area contributed by atoms with Crippen LogP contribution in [-0.2, 0) is 19.1 Å². The third kappa shape index (κ3) is 6.79. The zero-order chi connectivity index (χ0) is 10.3. The number of nitrogens with zero attached hydrogens (tertiary/aromatic N) is 1. The summed E-state index contributed by atoms with van der Waals surface area (Å²) in [5.74, 6) is -0.993. The quantitative estimate of drug-likeness (QED) is 0.290. The number of rotatable bonds is 4. The maximum atomic E-state index is 10.3. The molecule has 6 nitrogen and oxygen atoms in total. The van der Waals surface area contributed by atoms with Gasteiger partial charge in [-0.2, -0.15) is 0 Å². The third-order valence-corrected chi connectivity index (χ3v) is 1.03. The Morgan fingerprint density at radius 3 is 1.77 bits per heavy atom. The molecule has 0 heterocycles. The van der Waals surface area contributed by atoms with Gasteiger partial charge in [0.2, 0.25) is 0 Å². The van der Waals surface area contributed by atoms with E-state index >= 15 is 0 Å². The third-order valence-electron chi connectivity index (χ3n) is 1.03. The minimum atomic E-state index is -0.496. The molecule has 0 aliphatic carbocycles. The molecular weight excluding hydrogens is 178 g/mol. The zero-order valence-corrected chi connectivity index (χ0v) is 7.44. The number of carbonyl (C=O) groups is 2. The molecule has 0 aromatic rings. The number of oxime groups is 1. The molecule has 0 aliphatic rings. The molecule has 0 rings (SSSR count). The summed E-state index contributed by atoms with van der Waals surface area (Å²) in [6.45, 7) is 2.08. The summed E-state index contributed by atoms with van der Waals surface area (Å²) in [6, 6.07) is 0. The summed E-state index contributed by atoms with van der Waals surface area (Å²) < 4.78 is 9.01. The first kappa shape index (κ1) is 11.4. The number of hydrogen-bond donors (Lipinski definition) is 1.